The number of rotatable bonds is 3. The van der Waals surface area contributed by atoms with E-state index < -0.39 is 5.41 Å². The molecule has 1 unspecified atom stereocenters. The Balaban J connectivity index is 1.22. The van der Waals surface area contributed by atoms with Gasteiger partial charge in [0.25, 0.3) is 0 Å². The standard InChI is InChI=1S/C55H37N3S/c1-54(2)43-22-10-8-21-40(43)42-30-48-52(31-46(42)54)59-51-25-13-12-24-45(51)55(48)44-23-11-9-20-39(44)37-18-6-7-19-38(37)41-27-26-35(29-47(41)55)53-57-49(34-15-4-3-5-16-34)32-50(58-53)36-17-14-28-56-33-36/h3-33H,1-2H3. The van der Waals surface area contributed by atoms with E-state index in [1.165, 1.54) is 76.6 Å². The summed E-state index contributed by atoms with van der Waals surface area (Å²) in [6.07, 6.45) is 3.69. The lowest BCUT2D eigenvalue weighted by atomic mass is 9.62. The Morgan fingerprint density at radius 3 is 1.75 bits per heavy atom. The van der Waals surface area contributed by atoms with Crippen LogP contribution < -0.4 is 0 Å². The summed E-state index contributed by atoms with van der Waals surface area (Å²) in [7, 11) is 0. The second kappa shape index (κ2) is 12.8. The molecule has 0 radical (unpaired) electrons. The summed E-state index contributed by atoms with van der Waals surface area (Å²) in [5.41, 5.74) is 19.3. The number of fused-ring (bicyclic) bond motifs is 14. The Labute approximate surface area is 348 Å². The molecule has 0 bridgehead atoms. The molecule has 0 N–H and O–H groups in total. The highest BCUT2D eigenvalue weighted by molar-refractivity contribution is 7.99. The predicted molar refractivity (Wildman–Crippen MR) is 241 cm³/mol. The molecule has 2 aliphatic carbocycles. The van der Waals surface area contributed by atoms with Gasteiger partial charge < -0.3 is 0 Å². The Morgan fingerprint density at radius 1 is 0.390 bits per heavy atom. The van der Waals surface area contributed by atoms with E-state index in [4.69, 9.17) is 9.97 Å². The van der Waals surface area contributed by atoms with Crippen molar-refractivity contribution in [2.45, 2.75) is 34.5 Å². The molecule has 0 saturated carbocycles. The maximum atomic E-state index is 5.34. The van der Waals surface area contributed by atoms with Crippen LogP contribution in [0.25, 0.3) is 67.3 Å². The van der Waals surface area contributed by atoms with E-state index in [9.17, 15) is 0 Å². The van der Waals surface area contributed by atoms with Crippen molar-refractivity contribution in [1.29, 1.82) is 0 Å². The van der Waals surface area contributed by atoms with Gasteiger partial charge in [0, 0.05) is 44.3 Å². The molecule has 1 aliphatic heterocycles. The molecule has 278 valence electrons. The van der Waals surface area contributed by atoms with Crippen molar-refractivity contribution >= 4 is 11.8 Å². The third-order valence-corrected chi connectivity index (χ3v) is 14.0. The number of aromatic nitrogens is 3. The lowest BCUT2D eigenvalue weighted by Gasteiger charge is -2.43. The molecule has 12 rings (SSSR count). The first-order valence-corrected chi connectivity index (χ1v) is 21.1. The largest absolute Gasteiger partial charge is 0.264 e. The minimum atomic E-state index is -0.682. The third kappa shape index (κ3) is 4.93. The number of pyridine rings is 1. The van der Waals surface area contributed by atoms with Crippen LogP contribution in [0.4, 0.5) is 0 Å². The molecule has 1 atom stereocenters. The molecule has 2 aromatic heterocycles. The van der Waals surface area contributed by atoms with Crippen LogP contribution in [0.15, 0.2) is 198 Å². The van der Waals surface area contributed by atoms with Gasteiger partial charge in [-0.3, -0.25) is 4.98 Å². The van der Waals surface area contributed by atoms with E-state index in [1.54, 1.807) is 6.20 Å². The molecule has 1 spiro atoms. The summed E-state index contributed by atoms with van der Waals surface area (Å²) in [4.78, 5) is 17.7. The van der Waals surface area contributed by atoms with Gasteiger partial charge in [-0.05, 0) is 109 Å². The van der Waals surface area contributed by atoms with Gasteiger partial charge in [0.05, 0.1) is 16.8 Å². The van der Waals surface area contributed by atoms with Gasteiger partial charge in [-0.15, -0.1) is 0 Å². The van der Waals surface area contributed by atoms with Crippen LogP contribution in [0.1, 0.15) is 47.2 Å². The molecule has 0 amide bonds. The first kappa shape index (κ1) is 34.2. The second-order valence-electron chi connectivity index (χ2n) is 16.3. The molecule has 7 aromatic carbocycles. The molecule has 59 heavy (non-hydrogen) atoms. The highest BCUT2D eigenvalue weighted by Crippen LogP contribution is 2.63. The molecule has 3 heterocycles. The van der Waals surface area contributed by atoms with Gasteiger partial charge in [0.2, 0.25) is 0 Å². The fraction of sp³-hybridized carbons (Fsp3) is 0.0727. The maximum absolute atomic E-state index is 5.34. The lowest BCUT2D eigenvalue weighted by molar-refractivity contribution is 0.653. The summed E-state index contributed by atoms with van der Waals surface area (Å²) in [5, 5.41) is 0. The fourth-order valence-corrected chi connectivity index (χ4v) is 11.4. The summed E-state index contributed by atoms with van der Waals surface area (Å²) in [6.45, 7) is 4.76. The highest BCUT2D eigenvalue weighted by Gasteiger charge is 2.50. The maximum Gasteiger partial charge on any atom is 0.160 e. The van der Waals surface area contributed by atoms with Crippen molar-refractivity contribution in [1.82, 2.24) is 15.0 Å². The van der Waals surface area contributed by atoms with Crippen LogP contribution >= 0.6 is 11.8 Å². The van der Waals surface area contributed by atoms with Crippen molar-refractivity contribution in [3.05, 3.63) is 222 Å². The average Bonchev–Trinajstić information content (AvgIpc) is 3.46. The van der Waals surface area contributed by atoms with Crippen LogP contribution in [0.3, 0.4) is 0 Å². The molecular weight excluding hydrogens is 735 g/mol. The van der Waals surface area contributed by atoms with Crippen LogP contribution in [0.2, 0.25) is 0 Å². The smallest absolute Gasteiger partial charge is 0.160 e. The highest BCUT2D eigenvalue weighted by atomic mass is 32.2. The number of nitrogens with zero attached hydrogens (tertiary/aromatic N) is 3. The Bertz CT molecular complexity index is 3110. The van der Waals surface area contributed by atoms with Gasteiger partial charge in [0.1, 0.15) is 0 Å². The second-order valence-corrected chi connectivity index (χ2v) is 17.4. The zero-order valence-electron chi connectivity index (χ0n) is 32.6. The average molecular weight is 772 g/mol. The molecule has 0 fully saturated rings. The van der Waals surface area contributed by atoms with Crippen molar-refractivity contribution in [3.63, 3.8) is 0 Å². The van der Waals surface area contributed by atoms with Gasteiger partial charge in [0.15, 0.2) is 5.82 Å². The number of hydrogen-bond donors (Lipinski definition) is 0. The number of benzene rings is 7. The van der Waals surface area contributed by atoms with Gasteiger partial charge in [-0.2, -0.15) is 0 Å². The summed E-state index contributed by atoms with van der Waals surface area (Å²) < 4.78 is 0. The van der Waals surface area contributed by atoms with Gasteiger partial charge in [-0.1, -0.05) is 159 Å². The summed E-state index contributed by atoms with van der Waals surface area (Å²) in [6, 6.07) is 64.7. The molecular formula is C55H37N3S. The van der Waals surface area contributed by atoms with Crippen LogP contribution in [-0.4, -0.2) is 15.0 Å². The molecule has 9 aromatic rings. The summed E-state index contributed by atoms with van der Waals surface area (Å²) >= 11 is 1.90. The normalized spacial score (nSPS) is 16.1. The Kier molecular flexibility index (Phi) is 7.42. The van der Waals surface area contributed by atoms with Crippen LogP contribution in [0.5, 0.6) is 0 Å². The Hall–Kier alpha value is -6.88. The van der Waals surface area contributed by atoms with E-state index in [0.29, 0.717) is 5.82 Å². The minimum absolute atomic E-state index is 0.124. The SMILES string of the molecule is CC1(C)c2ccccc2-c2cc3c(cc21)Sc1ccccc1C31c2ccccc2-c2ccccc2-c2ccc(-c3nc(-c4ccccc4)cc(-c4cccnc4)n3)cc21. The van der Waals surface area contributed by atoms with E-state index >= 15 is 0 Å². The first-order chi connectivity index (χ1) is 29.0. The third-order valence-electron chi connectivity index (χ3n) is 12.9. The van der Waals surface area contributed by atoms with Gasteiger partial charge in [-0.25, -0.2) is 9.97 Å². The van der Waals surface area contributed by atoms with Crippen LogP contribution in [-0.2, 0) is 10.8 Å². The monoisotopic (exact) mass is 771 g/mol. The van der Waals surface area contributed by atoms with E-state index in [0.717, 1.165) is 28.1 Å². The molecule has 4 heteroatoms. The zero-order valence-corrected chi connectivity index (χ0v) is 33.5. The quantitative estimate of drug-likeness (QED) is 0.179. The van der Waals surface area contributed by atoms with Gasteiger partial charge >= 0.3 is 0 Å². The predicted octanol–water partition coefficient (Wildman–Crippen LogP) is 13.7. The van der Waals surface area contributed by atoms with Crippen molar-refractivity contribution in [2.24, 2.45) is 0 Å². The van der Waals surface area contributed by atoms with Crippen molar-refractivity contribution < 1.29 is 0 Å². The first-order valence-electron chi connectivity index (χ1n) is 20.3. The molecule has 0 saturated heterocycles. The fourth-order valence-electron chi connectivity index (χ4n) is 10.2. The topological polar surface area (TPSA) is 38.7 Å². The van der Waals surface area contributed by atoms with E-state index in [-0.39, 0.29) is 5.41 Å². The summed E-state index contributed by atoms with van der Waals surface area (Å²) in [5.74, 6) is 0.678. The van der Waals surface area contributed by atoms with Crippen molar-refractivity contribution in [3.8, 4) is 67.3 Å². The van der Waals surface area contributed by atoms with Crippen molar-refractivity contribution in [2.75, 3.05) is 0 Å². The number of hydrogen-bond acceptors (Lipinski definition) is 4. The lowest BCUT2D eigenvalue weighted by Crippen LogP contribution is -2.35. The minimum Gasteiger partial charge on any atom is -0.264 e. The zero-order chi connectivity index (χ0) is 39.3. The Morgan fingerprint density at radius 2 is 1.00 bits per heavy atom. The molecule has 3 aliphatic rings. The van der Waals surface area contributed by atoms with E-state index in [1.807, 2.05) is 30.1 Å². The van der Waals surface area contributed by atoms with E-state index in [2.05, 4.69) is 183 Å². The molecule has 3 nitrogen and oxygen atoms in total. The van der Waals surface area contributed by atoms with Crippen LogP contribution in [0, 0.1) is 0 Å².